The molecule has 7 nitrogen and oxygen atoms in total. The van der Waals surface area contributed by atoms with Crippen molar-refractivity contribution in [1.29, 1.82) is 0 Å². The van der Waals surface area contributed by atoms with Crippen LogP contribution in [0.1, 0.15) is 31.8 Å². The minimum absolute atomic E-state index is 0.0836. The van der Waals surface area contributed by atoms with Crippen molar-refractivity contribution < 1.29 is 24.0 Å². The molecule has 0 aromatic heterocycles. The molecule has 3 rings (SSSR count). The molecule has 1 aliphatic rings. The number of nitro groups is 1. The molecule has 0 fully saturated rings. The summed E-state index contributed by atoms with van der Waals surface area (Å²) in [5.74, 6) is -0.963. The van der Waals surface area contributed by atoms with Crippen LogP contribution in [-0.4, -0.2) is 30.4 Å². The predicted octanol–water partition coefficient (Wildman–Crippen LogP) is 2.35. The Morgan fingerprint density at radius 2 is 1.61 bits per heavy atom. The zero-order valence-corrected chi connectivity index (χ0v) is 12.1. The first-order chi connectivity index (χ1) is 11.1. The van der Waals surface area contributed by atoms with Crippen molar-refractivity contribution in [3.8, 4) is 5.75 Å². The van der Waals surface area contributed by atoms with Gasteiger partial charge >= 0.3 is 0 Å². The van der Waals surface area contributed by atoms with Gasteiger partial charge in [-0.25, -0.2) is 0 Å². The third kappa shape index (κ3) is 2.27. The molecule has 23 heavy (non-hydrogen) atoms. The highest BCUT2D eigenvalue weighted by Gasteiger charge is 2.37. The highest BCUT2D eigenvalue weighted by atomic mass is 16.7. The first-order valence-corrected chi connectivity index (χ1v) is 6.67. The van der Waals surface area contributed by atoms with Gasteiger partial charge in [-0.3, -0.25) is 19.7 Å². The minimum Gasteiger partial charge on any atom is -0.467 e. The Labute approximate surface area is 130 Å². The van der Waals surface area contributed by atoms with Gasteiger partial charge in [0.05, 0.1) is 10.5 Å². The molecule has 0 heterocycles. The summed E-state index contributed by atoms with van der Waals surface area (Å²) in [4.78, 5) is 35.9. The highest BCUT2D eigenvalue weighted by molar-refractivity contribution is 6.30. The fourth-order valence-corrected chi connectivity index (χ4v) is 2.57. The summed E-state index contributed by atoms with van der Waals surface area (Å²) in [5, 5.41) is 11.2. The van der Waals surface area contributed by atoms with E-state index in [1.165, 1.54) is 25.3 Å². The first kappa shape index (κ1) is 14.9. The normalized spacial score (nSPS) is 12.6. The summed E-state index contributed by atoms with van der Waals surface area (Å²) >= 11 is 0. The van der Waals surface area contributed by atoms with Crippen molar-refractivity contribution in [2.45, 2.75) is 0 Å². The fraction of sp³-hybridized carbons (Fsp3) is 0.125. The van der Waals surface area contributed by atoms with E-state index >= 15 is 0 Å². The third-order valence-electron chi connectivity index (χ3n) is 3.54. The quantitative estimate of drug-likeness (QED) is 0.417. The second-order valence-corrected chi connectivity index (χ2v) is 4.84. The van der Waals surface area contributed by atoms with Gasteiger partial charge in [-0.15, -0.1) is 0 Å². The zero-order chi connectivity index (χ0) is 16.6. The smallest absolute Gasteiger partial charge is 0.281 e. The number of nitrogens with zero attached hydrogens (tertiary/aromatic N) is 1. The Morgan fingerprint density at radius 3 is 2.17 bits per heavy atom. The van der Waals surface area contributed by atoms with Crippen LogP contribution in [-0.2, 0) is 4.74 Å². The van der Waals surface area contributed by atoms with Crippen LogP contribution in [0.2, 0.25) is 0 Å². The largest absolute Gasteiger partial charge is 0.467 e. The number of ketones is 2. The number of rotatable bonds is 4. The van der Waals surface area contributed by atoms with Crippen LogP contribution in [0, 0.1) is 10.1 Å². The Bertz CT molecular complexity index is 842. The van der Waals surface area contributed by atoms with E-state index in [0.717, 1.165) is 6.07 Å². The van der Waals surface area contributed by atoms with Gasteiger partial charge < -0.3 is 9.47 Å². The monoisotopic (exact) mass is 313 g/mol. The molecule has 0 unspecified atom stereocenters. The lowest BCUT2D eigenvalue weighted by Gasteiger charge is -2.19. The molecular formula is C16H11NO6. The number of methoxy groups -OCH3 is 1. The van der Waals surface area contributed by atoms with Crippen LogP contribution in [0.15, 0.2) is 36.4 Å². The number of carbonyl (C=O) groups is 2. The van der Waals surface area contributed by atoms with Gasteiger partial charge in [-0.05, 0) is 6.07 Å². The second-order valence-electron chi connectivity index (χ2n) is 4.84. The van der Waals surface area contributed by atoms with E-state index in [2.05, 4.69) is 0 Å². The Balaban J connectivity index is 2.29. The Hall–Kier alpha value is -3.06. The van der Waals surface area contributed by atoms with Crippen LogP contribution in [0.5, 0.6) is 5.75 Å². The number of benzene rings is 2. The maximum absolute atomic E-state index is 12.7. The lowest BCUT2D eigenvalue weighted by atomic mass is 9.83. The average molecular weight is 313 g/mol. The summed E-state index contributed by atoms with van der Waals surface area (Å²) in [6.07, 6.45) is 0. The zero-order valence-electron chi connectivity index (χ0n) is 12.1. The maximum atomic E-state index is 12.7. The van der Waals surface area contributed by atoms with Crippen LogP contribution in [0.4, 0.5) is 5.69 Å². The van der Waals surface area contributed by atoms with E-state index < -0.39 is 22.2 Å². The van der Waals surface area contributed by atoms with Crippen molar-refractivity contribution in [1.82, 2.24) is 0 Å². The number of hydrogen-bond donors (Lipinski definition) is 0. The molecule has 0 aliphatic heterocycles. The number of carbonyl (C=O) groups excluding carboxylic acids is 2. The van der Waals surface area contributed by atoms with Crippen molar-refractivity contribution >= 4 is 17.3 Å². The van der Waals surface area contributed by atoms with Gasteiger partial charge in [0.1, 0.15) is 11.3 Å². The molecule has 1 aliphatic carbocycles. The number of fused-ring (bicyclic) bond motifs is 2. The van der Waals surface area contributed by atoms with E-state index in [1.54, 1.807) is 12.1 Å². The molecule has 2 aromatic carbocycles. The minimum atomic E-state index is -0.682. The van der Waals surface area contributed by atoms with E-state index in [1.807, 2.05) is 0 Å². The van der Waals surface area contributed by atoms with Gasteiger partial charge in [-0.1, -0.05) is 24.3 Å². The molecule has 0 bridgehead atoms. The number of nitro benzene ring substituents is 1. The summed E-state index contributed by atoms with van der Waals surface area (Å²) in [6, 6.07) is 8.68. The van der Waals surface area contributed by atoms with Crippen LogP contribution in [0.25, 0.3) is 0 Å². The molecule has 0 N–H and O–H groups in total. The topological polar surface area (TPSA) is 95.7 Å². The van der Waals surface area contributed by atoms with Crippen LogP contribution >= 0.6 is 0 Å². The predicted molar refractivity (Wildman–Crippen MR) is 78.9 cm³/mol. The molecule has 0 saturated carbocycles. The van der Waals surface area contributed by atoms with Gasteiger partial charge in [-0.2, -0.15) is 0 Å². The Morgan fingerprint density at radius 1 is 1.00 bits per heavy atom. The van der Waals surface area contributed by atoms with E-state index in [4.69, 9.17) is 9.47 Å². The molecule has 0 radical (unpaired) electrons. The SMILES string of the molecule is COCOc1ccc([N+](=O)[O-])c2c1C(=O)c1ccccc1C2=O. The van der Waals surface area contributed by atoms with E-state index in [9.17, 15) is 19.7 Å². The third-order valence-corrected chi connectivity index (χ3v) is 3.54. The van der Waals surface area contributed by atoms with Crippen molar-refractivity contribution in [3.05, 3.63) is 68.8 Å². The molecule has 0 amide bonds. The summed E-state index contributed by atoms with van der Waals surface area (Å²) in [7, 11) is 1.40. The summed E-state index contributed by atoms with van der Waals surface area (Å²) in [5.41, 5.74) is -0.408. The molecule has 0 atom stereocenters. The lowest BCUT2D eigenvalue weighted by Crippen LogP contribution is -2.23. The molecule has 116 valence electrons. The highest BCUT2D eigenvalue weighted by Crippen LogP contribution is 2.38. The average Bonchev–Trinajstić information content (AvgIpc) is 2.56. The standard InChI is InChI=1S/C16H11NO6/c1-22-8-23-12-7-6-11(17(20)21)13-14(12)16(19)10-5-3-2-4-9(10)15(13)18/h2-7H,8H2,1H3. The first-order valence-electron chi connectivity index (χ1n) is 6.67. The van der Waals surface area contributed by atoms with Gasteiger partial charge in [0.2, 0.25) is 5.78 Å². The maximum Gasteiger partial charge on any atom is 0.281 e. The van der Waals surface area contributed by atoms with E-state index in [0.29, 0.717) is 0 Å². The fourth-order valence-electron chi connectivity index (χ4n) is 2.57. The molecule has 2 aromatic rings. The molecule has 0 saturated heterocycles. The molecule has 7 heteroatoms. The van der Waals surface area contributed by atoms with Gasteiger partial charge in [0.25, 0.3) is 5.69 Å². The van der Waals surface area contributed by atoms with Crippen molar-refractivity contribution in [2.24, 2.45) is 0 Å². The number of ether oxygens (including phenoxy) is 2. The second kappa shape index (κ2) is 5.62. The van der Waals surface area contributed by atoms with E-state index in [-0.39, 0.29) is 34.8 Å². The lowest BCUT2D eigenvalue weighted by molar-refractivity contribution is -0.385. The van der Waals surface area contributed by atoms with Crippen LogP contribution < -0.4 is 4.74 Å². The van der Waals surface area contributed by atoms with Crippen LogP contribution in [0.3, 0.4) is 0 Å². The number of hydrogen-bond acceptors (Lipinski definition) is 6. The molecular weight excluding hydrogens is 302 g/mol. The van der Waals surface area contributed by atoms with Crippen molar-refractivity contribution in [3.63, 3.8) is 0 Å². The van der Waals surface area contributed by atoms with Gasteiger partial charge in [0, 0.05) is 24.3 Å². The molecule has 0 spiro atoms. The summed E-state index contributed by atoms with van der Waals surface area (Å²) < 4.78 is 10.1. The van der Waals surface area contributed by atoms with Gasteiger partial charge in [0.15, 0.2) is 12.6 Å². The van der Waals surface area contributed by atoms with Crippen molar-refractivity contribution in [2.75, 3.05) is 13.9 Å². The Kier molecular flexibility index (Phi) is 3.63. The summed E-state index contributed by atoms with van der Waals surface area (Å²) in [6.45, 7) is -0.145.